The highest BCUT2D eigenvalue weighted by Crippen LogP contribution is 2.27. The number of amides is 2. The number of carbonyl (C=O) groups excluding carboxylic acids is 2. The molecule has 0 saturated heterocycles. The van der Waals surface area contributed by atoms with Crippen LogP contribution in [0.1, 0.15) is 40.5 Å². The molecule has 23 heavy (non-hydrogen) atoms. The van der Waals surface area contributed by atoms with Gasteiger partial charge in [0.2, 0.25) is 11.8 Å². The Balaban J connectivity index is 2.85. The summed E-state index contributed by atoms with van der Waals surface area (Å²) < 4.78 is 5.50. The van der Waals surface area contributed by atoms with E-state index < -0.39 is 5.41 Å². The lowest BCUT2D eigenvalue weighted by Crippen LogP contribution is -2.46. The molecule has 0 fully saturated rings. The molecule has 1 aromatic carbocycles. The SMILES string of the molecule is CCCCN(C)C(=O)C(C)(C)C(=O)Nc1ccccc1OCC. The van der Waals surface area contributed by atoms with Gasteiger partial charge >= 0.3 is 0 Å². The Morgan fingerprint density at radius 1 is 1.22 bits per heavy atom. The maximum Gasteiger partial charge on any atom is 0.239 e. The highest BCUT2D eigenvalue weighted by atomic mass is 16.5. The van der Waals surface area contributed by atoms with Crippen molar-refractivity contribution in [1.82, 2.24) is 4.90 Å². The predicted molar refractivity (Wildman–Crippen MR) is 92.6 cm³/mol. The first kappa shape index (κ1) is 19.0. The number of carbonyl (C=O) groups is 2. The van der Waals surface area contributed by atoms with E-state index in [0.29, 0.717) is 24.6 Å². The second-order valence-corrected chi connectivity index (χ2v) is 6.09. The van der Waals surface area contributed by atoms with Gasteiger partial charge in [0.05, 0.1) is 12.3 Å². The molecule has 0 saturated carbocycles. The first-order valence-corrected chi connectivity index (χ1v) is 8.13. The molecule has 0 spiro atoms. The van der Waals surface area contributed by atoms with Crippen molar-refractivity contribution in [1.29, 1.82) is 0 Å². The third-order valence-corrected chi connectivity index (χ3v) is 3.73. The molecule has 0 aliphatic rings. The lowest BCUT2D eigenvalue weighted by atomic mass is 9.90. The Morgan fingerprint density at radius 3 is 2.48 bits per heavy atom. The number of nitrogens with zero attached hydrogens (tertiary/aromatic N) is 1. The Hall–Kier alpha value is -2.04. The first-order chi connectivity index (χ1) is 10.8. The maximum absolute atomic E-state index is 12.6. The van der Waals surface area contributed by atoms with Crippen LogP contribution in [0.25, 0.3) is 0 Å². The molecule has 0 atom stereocenters. The van der Waals surface area contributed by atoms with Crippen molar-refractivity contribution < 1.29 is 14.3 Å². The molecule has 2 amide bonds. The van der Waals surface area contributed by atoms with Crippen LogP contribution in [0.4, 0.5) is 5.69 Å². The first-order valence-electron chi connectivity index (χ1n) is 8.13. The van der Waals surface area contributed by atoms with Crippen molar-refractivity contribution in [3.63, 3.8) is 0 Å². The number of anilines is 1. The summed E-state index contributed by atoms with van der Waals surface area (Å²) >= 11 is 0. The number of para-hydroxylation sites is 2. The molecular formula is C18H28N2O3. The Bertz CT molecular complexity index is 541. The number of nitrogens with one attached hydrogen (secondary N) is 1. The summed E-state index contributed by atoms with van der Waals surface area (Å²) in [5, 5.41) is 2.82. The number of hydrogen-bond donors (Lipinski definition) is 1. The van der Waals surface area contributed by atoms with Gasteiger partial charge in [0.1, 0.15) is 11.2 Å². The molecule has 0 heterocycles. The topological polar surface area (TPSA) is 58.6 Å². The van der Waals surface area contributed by atoms with Crippen molar-refractivity contribution in [3.05, 3.63) is 24.3 Å². The van der Waals surface area contributed by atoms with Gasteiger partial charge in [-0.2, -0.15) is 0 Å². The Kier molecular flexibility index (Phi) is 7.07. The van der Waals surface area contributed by atoms with Gasteiger partial charge in [0.25, 0.3) is 0 Å². The quantitative estimate of drug-likeness (QED) is 0.748. The van der Waals surface area contributed by atoms with E-state index in [-0.39, 0.29) is 11.8 Å². The molecule has 0 radical (unpaired) electrons. The van der Waals surface area contributed by atoms with E-state index in [4.69, 9.17) is 4.74 Å². The number of rotatable bonds is 8. The van der Waals surface area contributed by atoms with Gasteiger partial charge in [-0.15, -0.1) is 0 Å². The molecule has 1 rings (SSSR count). The minimum absolute atomic E-state index is 0.183. The summed E-state index contributed by atoms with van der Waals surface area (Å²) in [5.41, 5.74) is -0.557. The van der Waals surface area contributed by atoms with Crippen molar-refractivity contribution in [3.8, 4) is 5.75 Å². The van der Waals surface area contributed by atoms with Gasteiger partial charge in [0, 0.05) is 13.6 Å². The van der Waals surface area contributed by atoms with Crippen LogP contribution < -0.4 is 10.1 Å². The average molecular weight is 320 g/mol. The Morgan fingerprint density at radius 2 is 1.87 bits per heavy atom. The highest BCUT2D eigenvalue weighted by Gasteiger charge is 2.38. The summed E-state index contributed by atoms with van der Waals surface area (Å²) in [6, 6.07) is 7.22. The fourth-order valence-corrected chi connectivity index (χ4v) is 2.20. The van der Waals surface area contributed by atoms with Gasteiger partial charge in [-0.1, -0.05) is 25.5 Å². The molecule has 5 nitrogen and oxygen atoms in total. The Labute approximate surface area is 139 Å². The second-order valence-electron chi connectivity index (χ2n) is 6.09. The van der Waals surface area contributed by atoms with Crippen molar-refractivity contribution in [2.75, 3.05) is 25.5 Å². The normalized spacial score (nSPS) is 11.0. The highest BCUT2D eigenvalue weighted by molar-refractivity contribution is 6.10. The van der Waals surface area contributed by atoms with Crippen molar-refractivity contribution in [2.45, 2.75) is 40.5 Å². The average Bonchev–Trinajstić information content (AvgIpc) is 2.53. The molecule has 1 aromatic rings. The second kappa shape index (κ2) is 8.56. The summed E-state index contributed by atoms with van der Waals surface area (Å²) in [7, 11) is 1.74. The minimum Gasteiger partial charge on any atom is -0.492 e. The molecule has 0 bridgehead atoms. The van der Waals surface area contributed by atoms with E-state index >= 15 is 0 Å². The summed E-state index contributed by atoms with van der Waals surface area (Å²) in [6.45, 7) is 8.42. The van der Waals surface area contributed by atoms with Crippen molar-refractivity contribution >= 4 is 17.5 Å². The molecule has 1 N–H and O–H groups in total. The zero-order chi connectivity index (χ0) is 17.5. The summed E-state index contributed by atoms with van der Waals surface area (Å²) in [4.78, 5) is 26.8. The number of ether oxygens (including phenoxy) is 1. The fourth-order valence-electron chi connectivity index (χ4n) is 2.20. The van der Waals surface area contributed by atoms with E-state index in [1.54, 1.807) is 37.9 Å². The zero-order valence-electron chi connectivity index (χ0n) is 14.8. The largest absolute Gasteiger partial charge is 0.492 e. The monoisotopic (exact) mass is 320 g/mol. The molecule has 0 aromatic heterocycles. The van der Waals surface area contributed by atoms with Crippen LogP contribution in [0.3, 0.4) is 0 Å². The van der Waals surface area contributed by atoms with Crippen molar-refractivity contribution in [2.24, 2.45) is 5.41 Å². The summed E-state index contributed by atoms with van der Waals surface area (Å²) in [5.74, 6) is 0.0845. The molecule has 0 unspecified atom stereocenters. The van der Waals surface area contributed by atoms with E-state index in [2.05, 4.69) is 12.2 Å². The standard InChI is InChI=1S/C18H28N2O3/c1-6-8-13-20(5)17(22)18(3,4)16(21)19-14-11-9-10-12-15(14)23-7-2/h9-12H,6-8,13H2,1-5H3,(H,19,21). The zero-order valence-corrected chi connectivity index (χ0v) is 14.8. The number of unbranched alkanes of at least 4 members (excludes halogenated alkanes) is 1. The van der Waals surface area contributed by atoms with Gasteiger partial charge < -0.3 is 15.0 Å². The molecular weight excluding hydrogens is 292 g/mol. The van der Waals surface area contributed by atoms with Gasteiger partial charge in [-0.05, 0) is 39.3 Å². The van der Waals surface area contributed by atoms with Gasteiger partial charge in [-0.25, -0.2) is 0 Å². The minimum atomic E-state index is -1.14. The fraction of sp³-hybridized carbons (Fsp3) is 0.556. The number of hydrogen-bond acceptors (Lipinski definition) is 3. The maximum atomic E-state index is 12.6. The lowest BCUT2D eigenvalue weighted by Gasteiger charge is -2.28. The van der Waals surface area contributed by atoms with E-state index in [1.165, 1.54) is 0 Å². The van der Waals surface area contributed by atoms with Gasteiger partial charge in [-0.3, -0.25) is 9.59 Å². The third kappa shape index (κ3) is 4.98. The van der Waals surface area contributed by atoms with Crippen LogP contribution in [-0.2, 0) is 9.59 Å². The smallest absolute Gasteiger partial charge is 0.239 e. The molecule has 0 aliphatic carbocycles. The van der Waals surface area contributed by atoms with Crippen LogP contribution in [0, 0.1) is 5.41 Å². The third-order valence-electron chi connectivity index (χ3n) is 3.73. The molecule has 128 valence electrons. The van der Waals surface area contributed by atoms with Crippen LogP contribution in [0.15, 0.2) is 24.3 Å². The lowest BCUT2D eigenvalue weighted by molar-refractivity contribution is -0.145. The molecule has 5 heteroatoms. The van der Waals surface area contributed by atoms with E-state index in [1.807, 2.05) is 19.1 Å². The van der Waals surface area contributed by atoms with Gasteiger partial charge in [0.15, 0.2) is 0 Å². The summed E-state index contributed by atoms with van der Waals surface area (Å²) in [6.07, 6.45) is 1.93. The van der Waals surface area contributed by atoms with Crippen LogP contribution in [0.2, 0.25) is 0 Å². The van der Waals surface area contributed by atoms with Crippen LogP contribution in [0.5, 0.6) is 5.75 Å². The van der Waals surface area contributed by atoms with Crippen LogP contribution in [-0.4, -0.2) is 36.9 Å². The molecule has 0 aliphatic heterocycles. The van der Waals surface area contributed by atoms with E-state index in [0.717, 1.165) is 12.8 Å². The predicted octanol–water partition coefficient (Wildman–Crippen LogP) is 3.31. The van der Waals surface area contributed by atoms with Crippen LogP contribution >= 0.6 is 0 Å². The van der Waals surface area contributed by atoms with E-state index in [9.17, 15) is 9.59 Å². The number of benzene rings is 1.